The molecule has 3 rings (SSSR count). The summed E-state index contributed by atoms with van der Waals surface area (Å²) >= 11 is 0. The second-order valence-electron chi connectivity index (χ2n) is 8.46. The van der Waals surface area contributed by atoms with Crippen molar-refractivity contribution in [3.8, 4) is 0 Å². The maximum atomic E-state index is 7.72. The first kappa shape index (κ1) is 18.1. The van der Waals surface area contributed by atoms with Crippen LogP contribution in [0.4, 0.5) is 11.4 Å². The molecule has 0 aliphatic heterocycles. The van der Waals surface area contributed by atoms with Gasteiger partial charge in [0.25, 0.3) is 5.54 Å². The van der Waals surface area contributed by atoms with Gasteiger partial charge in [0.05, 0.1) is 11.4 Å². The molecule has 0 bridgehead atoms. The van der Waals surface area contributed by atoms with Crippen LogP contribution in [0.3, 0.4) is 0 Å². The molecule has 3 nitrogen and oxygen atoms in total. The summed E-state index contributed by atoms with van der Waals surface area (Å²) in [5.74, 6) is 0.616. The number of nitrogen functional groups attached to an aromatic ring is 1. The van der Waals surface area contributed by atoms with Crippen LogP contribution >= 0.6 is 0 Å². The van der Waals surface area contributed by atoms with E-state index < -0.39 is 0 Å². The molecule has 0 aromatic heterocycles. The van der Waals surface area contributed by atoms with Crippen molar-refractivity contribution in [3.05, 3.63) is 35.2 Å². The molecule has 0 unspecified atom stereocenters. The van der Waals surface area contributed by atoms with Crippen LogP contribution in [0, 0.1) is 12.5 Å². The lowest BCUT2D eigenvalue weighted by molar-refractivity contribution is 0.401. The van der Waals surface area contributed by atoms with E-state index in [4.69, 9.17) is 12.3 Å². The minimum Gasteiger partial charge on any atom is -0.397 e. The van der Waals surface area contributed by atoms with Gasteiger partial charge in [-0.3, -0.25) is 0 Å². The van der Waals surface area contributed by atoms with Gasteiger partial charge in [0.15, 0.2) is 0 Å². The normalized spacial score (nSPS) is 20.6. The summed E-state index contributed by atoms with van der Waals surface area (Å²) in [7, 11) is 0. The monoisotopic (exact) mass is 339 g/mol. The maximum absolute atomic E-state index is 7.72. The number of anilines is 2. The van der Waals surface area contributed by atoms with E-state index in [1.807, 2.05) is 0 Å². The Hall–Kier alpha value is -1.69. The van der Waals surface area contributed by atoms with Crippen LogP contribution in [0.5, 0.6) is 0 Å². The molecule has 2 N–H and O–H groups in total. The molecule has 0 saturated heterocycles. The van der Waals surface area contributed by atoms with Gasteiger partial charge in [-0.15, -0.1) is 0 Å². The smallest absolute Gasteiger partial charge is 0.257 e. The Morgan fingerprint density at radius 3 is 2.40 bits per heavy atom. The number of nitrogens with two attached hydrogens (primary N) is 1. The van der Waals surface area contributed by atoms with Crippen LogP contribution in [-0.2, 0) is 5.54 Å². The lowest BCUT2D eigenvalue weighted by atomic mass is 9.88. The van der Waals surface area contributed by atoms with Crippen molar-refractivity contribution in [2.24, 2.45) is 5.92 Å². The second kappa shape index (κ2) is 7.68. The highest BCUT2D eigenvalue weighted by Gasteiger charge is 2.42. The predicted octanol–water partition coefficient (Wildman–Crippen LogP) is 5.75. The van der Waals surface area contributed by atoms with E-state index in [9.17, 15) is 0 Å². The van der Waals surface area contributed by atoms with E-state index in [1.165, 1.54) is 37.8 Å². The minimum absolute atomic E-state index is 0.319. The summed E-state index contributed by atoms with van der Waals surface area (Å²) in [5.41, 5.74) is 9.40. The van der Waals surface area contributed by atoms with Crippen LogP contribution < -0.4 is 10.6 Å². The van der Waals surface area contributed by atoms with Crippen LogP contribution in [0.15, 0.2) is 18.2 Å². The molecule has 2 saturated carbocycles. The topological polar surface area (TPSA) is 33.6 Å². The molecule has 0 atom stereocenters. The number of rotatable bonds is 5. The van der Waals surface area contributed by atoms with Gasteiger partial charge in [-0.2, -0.15) is 0 Å². The molecule has 2 aliphatic rings. The van der Waals surface area contributed by atoms with Crippen molar-refractivity contribution in [2.45, 2.75) is 83.2 Å². The van der Waals surface area contributed by atoms with E-state index in [0.717, 1.165) is 43.5 Å². The van der Waals surface area contributed by atoms with Crippen molar-refractivity contribution in [2.75, 3.05) is 17.2 Å². The average molecular weight is 340 g/mol. The second-order valence-corrected chi connectivity index (χ2v) is 8.46. The fourth-order valence-corrected chi connectivity index (χ4v) is 4.76. The quantitative estimate of drug-likeness (QED) is 0.547. The number of nitrogens with zero attached hydrogens (tertiary/aromatic N) is 2. The van der Waals surface area contributed by atoms with Crippen molar-refractivity contribution in [3.63, 3.8) is 0 Å². The van der Waals surface area contributed by atoms with Gasteiger partial charge < -0.3 is 15.5 Å². The molecule has 3 heteroatoms. The lowest BCUT2D eigenvalue weighted by Crippen LogP contribution is -2.39. The summed E-state index contributed by atoms with van der Waals surface area (Å²) in [6, 6.07) is 7.11. The van der Waals surface area contributed by atoms with E-state index in [1.54, 1.807) is 0 Å². The molecule has 1 aromatic carbocycles. The van der Waals surface area contributed by atoms with Crippen molar-refractivity contribution in [1.82, 2.24) is 0 Å². The zero-order valence-corrected chi connectivity index (χ0v) is 15.9. The van der Waals surface area contributed by atoms with Crippen LogP contribution in [0.1, 0.15) is 77.2 Å². The molecule has 136 valence electrons. The summed E-state index contributed by atoms with van der Waals surface area (Å²) in [5, 5.41) is 0. The van der Waals surface area contributed by atoms with Gasteiger partial charge in [-0.1, -0.05) is 33.1 Å². The third kappa shape index (κ3) is 3.78. The summed E-state index contributed by atoms with van der Waals surface area (Å²) in [6.45, 7) is 13.3. The molecule has 2 aliphatic carbocycles. The van der Waals surface area contributed by atoms with Crippen LogP contribution in [0.25, 0.3) is 4.85 Å². The molecular formula is C22H33N3. The summed E-state index contributed by atoms with van der Waals surface area (Å²) in [4.78, 5) is 6.58. The van der Waals surface area contributed by atoms with E-state index in [0.29, 0.717) is 12.0 Å². The van der Waals surface area contributed by atoms with Crippen molar-refractivity contribution < 1.29 is 0 Å². The van der Waals surface area contributed by atoms with Gasteiger partial charge in [-0.05, 0) is 49.8 Å². The Bertz CT molecular complexity index is 617. The number of hydrogen-bond donors (Lipinski definition) is 1. The first-order valence-corrected chi connectivity index (χ1v) is 10.1. The lowest BCUT2D eigenvalue weighted by Gasteiger charge is -2.38. The van der Waals surface area contributed by atoms with E-state index >= 15 is 0 Å². The largest absolute Gasteiger partial charge is 0.397 e. The summed E-state index contributed by atoms with van der Waals surface area (Å²) < 4.78 is 0. The highest BCUT2D eigenvalue weighted by molar-refractivity contribution is 5.69. The molecule has 0 radical (unpaired) electrons. The van der Waals surface area contributed by atoms with Gasteiger partial charge in [0, 0.05) is 31.0 Å². The van der Waals surface area contributed by atoms with Gasteiger partial charge in [-0.25, -0.2) is 6.57 Å². The SMILES string of the molecule is [C-]#[N+]C1(c2ccc(N(CC(C)C)C3CCCCC3)c(N)c2)CCCC1. The van der Waals surface area contributed by atoms with Crippen molar-refractivity contribution >= 4 is 11.4 Å². The molecule has 25 heavy (non-hydrogen) atoms. The zero-order chi connectivity index (χ0) is 17.9. The minimum atomic E-state index is -0.319. The maximum Gasteiger partial charge on any atom is 0.257 e. The first-order valence-electron chi connectivity index (χ1n) is 10.1. The van der Waals surface area contributed by atoms with Gasteiger partial charge >= 0.3 is 0 Å². The molecule has 1 aromatic rings. The fourth-order valence-electron chi connectivity index (χ4n) is 4.76. The number of hydrogen-bond acceptors (Lipinski definition) is 2. The Morgan fingerprint density at radius 1 is 1.16 bits per heavy atom. The summed E-state index contributed by atoms with van der Waals surface area (Å²) in [6.07, 6.45) is 10.9. The van der Waals surface area contributed by atoms with Crippen LogP contribution in [0.2, 0.25) is 0 Å². The van der Waals surface area contributed by atoms with Crippen molar-refractivity contribution in [1.29, 1.82) is 0 Å². The highest BCUT2D eigenvalue weighted by atomic mass is 15.2. The first-order chi connectivity index (χ1) is 12.1. The molecular weight excluding hydrogens is 306 g/mol. The van der Waals surface area contributed by atoms with E-state index in [2.05, 4.69) is 41.8 Å². The Balaban J connectivity index is 1.90. The van der Waals surface area contributed by atoms with Crippen LogP contribution in [-0.4, -0.2) is 12.6 Å². The van der Waals surface area contributed by atoms with E-state index in [-0.39, 0.29) is 5.54 Å². The zero-order valence-electron chi connectivity index (χ0n) is 15.9. The molecule has 0 spiro atoms. The third-order valence-corrected chi connectivity index (χ3v) is 6.10. The Labute approximate surface area is 153 Å². The standard InChI is InChI=1S/C22H33N3/c1-17(2)16-25(19-9-5-4-6-10-19)21-12-11-18(15-20(21)23)22(24-3)13-7-8-14-22/h11-12,15,17,19H,4-10,13-14,16,23H2,1-2H3. The Morgan fingerprint density at radius 2 is 1.84 bits per heavy atom. The molecule has 2 fully saturated rings. The average Bonchev–Trinajstić information content (AvgIpc) is 3.11. The Kier molecular flexibility index (Phi) is 5.57. The molecule has 0 heterocycles. The molecule has 0 amide bonds. The fraction of sp³-hybridized carbons (Fsp3) is 0.682. The highest BCUT2D eigenvalue weighted by Crippen LogP contribution is 2.44. The predicted molar refractivity (Wildman–Crippen MR) is 107 cm³/mol. The van der Waals surface area contributed by atoms with Gasteiger partial charge in [0.1, 0.15) is 0 Å². The third-order valence-electron chi connectivity index (χ3n) is 6.10. The van der Waals surface area contributed by atoms with Gasteiger partial charge in [0.2, 0.25) is 0 Å². The number of benzene rings is 1.